The van der Waals surface area contributed by atoms with Gasteiger partial charge in [0.15, 0.2) is 6.29 Å². The molecule has 1 amide bonds. The largest absolute Gasteiger partial charge is 0.487 e. The predicted molar refractivity (Wildman–Crippen MR) is 162 cm³/mol. The molecule has 1 heterocycles. The summed E-state index contributed by atoms with van der Waals surface area (Å²) in [5, 5.41) is 8.05. The Labute approximate surface area is 253 Å². The number of amides is 1. The summed E-state index contributed by atoms with van der Waals surface area (Å²) >= 11 is 0. The third kappa shape index (κ3) is 10.0. The highest BCUT2D eigenvalue weighted by Gasteiger charge is 2.33. The van der Waals surface area contributed by atoms with Crippen molar-refractivity contribution in [2.75, 3.05) is 18.5 Å². The zero-order valence-corrected chi connectivity index (χ0v) is 26.6. The number of carbonyl (C=O) groups excluding carboxylic acids is 2. The third-order valence-corrected chi connectivity index (χ3v) is 7.50. The highest BCUT2D eigenvalue weighted by atomic mass is 32.2. The first-order valence-corrected chi connectivity index (χ1v) is 15.7. The lowest BCUT2D eigenvalue weighted by molar-refractivity contribution is -0.169. The molecule has 2 atom stereocenters. The average molecular weight is 619 g/mol. The predicted octanol–water partition coefficient (Wildman–Crippen LogP) is 4.24. The van der Waals surface area contributed by atoms with Gasteiger partial charge in [-0.25, -0.2) is 13.1 Å². The number of hydrogen-bond acceptors (Lipinski definition) is 9. The van der Waals surface area contributed by atoms with E-state index in [1.165, 1.54) is 25.1 Å². The minimum atomic E-state index is -4.33. The van der Waals surface area contributed by atoms with Crippen molar-refractivity contribution in [3.8, 4) is 5.75 Å². The molecule has 2 aromatic carbocycles. The van der Waals surface area contributed by atoms with E-state index in [-0.39, 0.29) is 36.2 Å². The molecule has 13 heteroatoms. The number of ether oxygens (including phenoxy) is 4. The van der Waals surface area contributed by atoms with Crippen molar-refractivity contribution in [1.82, 2.24) is 14.5 Å². The molecule has 0 unspecified atom stereocenters. The van der Waals surface area contributed by atoms with E-state index >= 15 is 0 Å². The van der Waals surface area contributed by atoms with E-state index in [1.807, 2.05) is 24.3 Å². The summed E-state index contributed by atoms with van der Waals surface area (Å²) in [5.74, 6) is -0.949. The maximum Gasteiger partial charge on any atom is 0.308 e. The Kier molecular flexibility index (Phi) is 11.7. The molecule has 0 saturated heterocycles. The van der Waals surface area contributed by atoms with Crippen molar-refractivity contribution in [1.29, 1.82) is 0 Å². The van der Waals surface area contributed by atoms with Gasteiger partial charge in [0.1, 0.15) is 22.4 Å². The molecule has 0 aliphatic heterocycles. The normalized spacial score (nSPS) is 13.6. The molecule has 3 aromatic rings. The number of hydrogen-bond donors (Lipinski definition) is 2. The lowest BCUT2D eigenvalue weighted by atomic mass is 10.1. The van der Waals surface area contributed by atoms with Gasteiger partial charge >= 0.3 is 5.97 Å². The molecule has 0 aliphatic carbocycles. The van der Waals surface area contributed by atoms with Gasteiger partial charge in [0.25, 0.3) is 0 Å². The van der Waals surface area contributed by atoms with E-state index in [9.17, 15) is 18.0 Å². The van der Waals surface area contributed by atoms with Crippen molar-refractivity contribution >= 4 is 38.5 Å². The Morgan fingerprint density at radius 2 is 1.72 bits per heavy atom. The van der Waals surface area contributed by atoms with Crippen LogP contribution in [0.25, 0.3) is 10.9 Å². The van der Waals surface area contributed by atoms with Crippen LogP contribution in [0, 0.1) is 0 Å². The minimum absolute atomic E-state index is 0.00287. The van der Waals surface area contributed by atoms with E-state index in [2.05, 4.69) is 15.1 Å². The van der Waals surface area contributed by atoms with Gasteiger partial charge in [-0.1, -0.05) is 18.2 Å². The molecule has 43 heavy (non-hydrogen) atoms. The summed E-state index contributed by atoms with van der Waals surface area (Å²) in [7, 11) is -4.33. The van der Waals surface area contributed by atoms with Crippen LogP contribution in [0.1, 0.15) is 54.9 Å². The number of nitrogens with one attached hydrogen (secondary N) is 2. The van der Waals surface area contributed by atoms with E-state index in [0.717, 1.165) is 10.9 Å². The van der Waals surface area contributed by atoms with E-state index < -0.39 is 40.0 Å². The van der Waals surface area contributed by atoms with Gasteiger partial charge in [-0.2, -0.15) is 5.10 Å². The molecule has 0 fully saturated rings. The van der Waals surface area contributed by atoms with E-state index in [0.29, 0.717) is 12.2 Å². The zero-order chi connectivity index (χ0) is 31.8. The summed E-state index contributed by atoms with van der Waals surface area (Å²) in [6, 6.07) is 10.8. The van der Waals surface area contributed by atoms with Crippen molar-refractivity contribution in [2.45, 2.75) is 90.4 Å². The average Bonchev–Trinajstić information content (AvgIpc) is 3.29. The quantitative estimate of drug-likeness (QED) is 0.189. The van der Waals surface area contributed by atoms with Crippen LogP contribution < -0.4 is 14.8 Å². The van der Waals surface area contributed by atoms with Crippen LogP contribution in [0.2, 0.25) is 0 Å². The summed E-state index contributed by atoms with van der Waals surface area (Å²) in [6.45, 7) is 12.5. The van der Waals surface area contributed by atoms with Crippen LogP contribution in [0.3, 0.4) is 0 Å². The summed E-state index contributed by atoms with van der Waals surface area (Å²) in [4.78, 5) is 24.3. The van der Waals surface area contributed by atoms with Gasteiger partial charge in [0, 0.05) is 37.3 Å². The number of benzene rings is 2. The first-order valence-electron chi connectivity index (χ1n) is 14.2. The molecule has 12 nitrogen and oxygen atoms in total. The van der Waals surface area contributed by atoms with Crippen LogP contribution in [-0.2, 0) is 40.4 Å². The number of sulfonamides is 1. The van der Waals surface area contributed by atoms with Crippen LogP contribution in [0.4, 0.5) is 5.69 Å². The van der Waals surface area contributed by atoms with Crippen LogP contribution in [-0.4, -0.2) is 67.3 Å². The molecule has 0 aliphatic rings. The third-order valence-electron chi connectivity index (χ3n) is 5.97. The number of carbonyl (C=O) groups is 2. The van der Waals surface area contributed by atoms with Gasteiger partial charge in [-0.3, -0.25) is 14.3 Å². The van der Waals surface area contributed by atoms with Gasteiger partial charge in [0.05, 0.1) is 30.7 Å². The fourth-order valence-corrected chi connectivity index (χ4v) is 5.74. The smallest absolute Gasteiger partial charge is 0.308 e. The lowest BCUT2D eigenvalue weighted by Crippen LogP contribution is -2.47. The standard InChI is InChI=1S/C30H42N4O8S/c1-8-39-29(40-9-2)24(17-28(36)42-30(5,6)7)33-43(37,38)27-15-14-23(32-21(4)35)16-26(27)41-20(3)19-34-25-13-11-10-12-22(25)18-31-34/h10-16,18,20,24,29,33H,8-9,17,19H2,1-7H3,(H,32,35)/t20-,24+/m1/s1. The summed E-state index contributed by atoms with van der Waals surface area (Å²) in [6.07, 6.45) is -0.184. The molecule has 2 N–H and O–H groups in total. The maximum atomic E-state index is 13.9. The first kappa shape index (κ1) is 34.0. The number of fused-ring (bicyclic) bond motifs is 1. The number of anilines is 1. The highest BCUT2D eigenvalue weighted by molar-refractivity contribution is 7.89. The first-order chi connectivity index (χ1) is 20.2. The van der Waals surface area contributed by atoms with Gasteiger partial charge in [-0.15, -0.1) is 0 Å². The van der Waals surface area contributed by atoms with Crippen molar-refractivity contribution in [3.63, 3.8) is 0 Å². The Hall–Kier alpha value is -3.52. The summed E-state index contributed by atoms with van der Waals surface area (Å²) < 4.78 is 55.1. The number of esters is 1. The SMILES string of the molecule is CCOC(OCC)[C@H](CC(=O)OC(C)(C)C)NS(=O)(=O)c1ccc(NC(C)=O)cc1O[C@H](C)Cn1ncc2ccccc21. The van der Waals surface area contributed by atoms with E-state index in [4.69, 9.17) is 18.9 Å². The Balaban J connectivity index is 1.95. The van der Waals surface area contributed by atoms with Crippen LogP contribution in [0.5, 0.6) is 5.75 Å². The number of aromatic nitrogens is 2. The topological polar surface area (TPSA) is 147 Å². The second kappa shape index (κ2) is 14.8. The maximum absolute atomic E-state index is 13.9. The molecule has 3 rings (SSSR count). The zero-order valence-electron chi connectivity index (χ0n) is 25.7. The Morgan fingerprint density at radius 3 is 2.35 bits per heavy atom. The molecule has 1 aromatic heterocycles. The van der Waals surface area contributed by atoms with Gasteiger partial charge < -0.3 is 24.3 Å². The Bertz CT molecular complexity index is 1490. The van der Waals surface area contributed by atoms with Gasteiger partial charge in [-0.05, 0) is 59.7 Å². The second-order valence-electron chi connectivity index (χ2n) is 11.0. The Morgan fingerprint density at radius 1 is 1.05 bits per heavy atom. The molecular formula is C30H42N4O8S. The van der Waals surface area contributed by atoms with Gasteiger partial charge in [0.2, 0.25) is 15.9 Å². The lowest BCUT2D eigenvalue weighted by Gasteiger charge is -2.28. The van der Waals surface area contributed by atoms with Crippen molar-refractivity contribution < 1.29 is 37.0 Å². The fraction of sp³-hybridized carbons (Fsp3) is 0.500. The number of nitrogens with zero attached hydrogens (tertiary/aromatic N) is 2. The van der Waals surface area contributed by atoms with Crippen molar-refractivity contribution in [3.05, 3.63) is 48.7 Å². The number of para-hydroxylation sites is 1. The van der Waals surface area contributed by atoms with E-state index in [1.54, 1.807) is 52.4 Å². The number of rotatable bonds is 15. The van der Waals surface area contributed by atoms with Crippen LogP contribution >= 0.6 is 0 Å². The molecule has 0 bridgehead atoms. The summed E-state index contributed by atoms with van der Waals surface area (Å²) in [5.41, 5.74) is 0.483. The highest BCUT2D eigenvalue weighted by Crippen LogP contribution is 2.30. The molecule has 0 spiro atoms. The second-order valence-corrected chi connectivity index (χ2v) is 12.6. The molecule has 236 valence electrons. The molecular weight excluding hydrogens is 576 g/mol. The molecule has 0 saturated carbocycles. The minimum Gasteiger partial charge on any atom is -0.487 e. The fourth-order valence-electron chi connectivity index (χ4n) is 4.40. The van der Waals surface area contributed by atoms with Crippen LogP contribution in [0.15, 0.2) is 53.6 Å². The monoisotopic (exact) mass is 618 g/mol. The van der Waals surface area contributed by atoms with Crippen molar-refractivity contribution in [2.24, 2.45) is 0 Å². The molecule has 0 radical (unpaired) electrons.